The second kappa shape index (κ2) is 10.3. The summed E-state index contributed by atoms with van der Waals surface area (Å²) in [4.78, 5) is 2.61. The first-order valence-corrected chi connectivity index (χ1v) is 10.5. The number of hydrogen-bond donors (Lipinski definition) is 2. The molecule has 2 atom stereocenters. The summed E-state index contributed by atoms with van der Waals surface area (Å²) in [6.45, 7) is 4.77. The monoisotopic (exact) mass is 344 g/mol. The Hall–Kier alpha value is -0.900. The van der Waals surface area contributed by atoms with Crippen molar-refractivity contribution in [2.75, 3.05) is 26.2 Å². The first-order chi connectivity index (χ1) is 12.3. The summed E-state index contributed by atoms with van der Waals surface area (Å²) in [7, 11) is 0. The molecule has 3 heteroatoms. The van der Waals surface area contributed by atoms with Crippen LogP contribution in [0.3, 0.4) is 0 Å². The zero-order valence-electron chi connectivity index (χ0n) is 15.7. The Morgan fingerprint density at radius 1 is 1.00 bits per heavy atom. The molecule has 140 valence electrons. The van der Waals surface area contributed by atoms with Crippen LogP contribution in [0.5, 0.6) is 0 Å². The molecule has 0 amide bonds. The number of nitrogens with zero attached hydrogens (tertiary/aromatic N) is 1. The van der Waals surface area contributed by atoms with E-state index in [1.54, 1.807) is 0 Å². The van der Waals surface area contributed by atoms with Gasteiger partial charge in [-0.25, -0.2) is 0 Å². The lowest BCUT2D eigenvalue weighted by molar-refractivity contribution is 0.0640. The molecule has 1 aromatic rings. The Bertz CT molecular complexity index is 470. The minimum absolute atomic E-state index is 0.0263. The van der Waals surface area contributed by atoms with Crippen LogP contribution >= 0.6 is 0 Å². The van der Waals surface area contributed by atoms with Crippen LogP contribution in [0.25, 0.3) is 0 Å². The van der Waals surface area contributed by atoms with E-state index in [4.69, 9.17) is 0 Å². The van der Waals surface area contributed by atoms with Gasteiger partial charge in [0.25, 0.3) is 0 Å². The topological polar surface area (TPSA) is 35.5 Å². The van der Waals surface area contributed by atoms with Crippen molar-refractivity contribution in [1.82, 2.24) is 10.2 Å². The molecule has 2 fully saturated rings. The van der Waals surface area contributed by atoms with Gasteiger partial charge in [-0.1, -0.05) is 43.2 Å². The van der Waals surface area contributed by atoms with Crippen molar-refractivity contribution in [3.8, 4) is 0 Å². The molecule has 1 aliphatic heterocycles. The van der Waals surface area contributed by atoms with Crippen LogP contribution < -0.4 is 5.32 Å². The zero-order valence-corrected chi connectivity index (χ0v) is 15.7. The van der Waals surface area contributed by atoms with E-state index in [1.165, 1.54) is 76.6 Å². The van der Waals surface area contributed by atoms with Gasteiger partial charge in [0, 0.05) is 12.6 Å². The number of hydrogen-bond acceptors (Lipinski definition) is 3. The molecule has 2 N–H and O–H groups in total. The summed E-state index contributed by atoms with van der Waals surface area (Å²) < 4.78 is 0. The summed E-state index contributed by atoms with van der Waals surface area (Å²) in [5.41, 5.74) is 1.45. The highest BCUT2D eigenvalue weighted by Crippen LogP contribution is 2.27. The first-order valence-electron chi connectivity index (χ1n) is 10.5. The van der Waals surface area contributed by atoms with Gasteiger partial charge in [-0.05, 0) is 76.1 Å². The maximum absolute atomic E-state index is 10.1. The number of aliphatic hydroxyl groups excluding tert-OH is 1. The van der Waals surface area contributed by atoms with Gasteiger partial charge in [0.2, 0.25) is 0 Å². The molecule has 0 bridgehead atoms. The predicted octanol–water partition coefficient (Wildman–Crippen LogP) is 3.61. The van der Waals surface area contributed by atoms with E-state index < -0.39 is 0 Å². The normalized spacial score (nSPS) is 26.0. The van der Waals surface area contributed by atoms with Gasteiger partial charge >= 0.3 is 0 Å². The zero-order chi connectivity index (χ0) is 17.3. The highest BCUT2D eigenvalue weighted by molar-refractivity contribution is 5.14. The molecule has 3 nitrogen and oxygen atoms in total. The Labute approximate surface area is 153 Å². The molecule has 1 aromatic carbocycles. The fourth-order valence-electron chi connectivity index (χ4n) is 4.49. The third-order valence-corrected chi connectivity index (χ3v) is 6.20. The maximum Gasteiger partial charge on any atom is 0.0568 e. The van der Waals surface area contributed by atoms with E-state index in [0.29, 0.717) is 12.0 Å². The number of piperidine rings is 1. The van der Waals surface area contributed by atoms with E-state index in [9.17, 15) is 5.11 Å². The summed E-state index contributed by atoms with van der Waals surface area (Å²) >= 11 is 0. The SMILES string of the molecule is OC1CCCCC1CCCNC1CCN(CCc2ccccc2)CC1. The van der Waals surface area contributed by atoms with Crippen molar-refractivity contribution in [2.45, 2.75) is 69.9 Å². The summed E-state index contributed by atoms with van der Waals surface area (Å²) in [5, 5.41) is 13.8. The lowest BCUT2D eigenvalue weighted by Gasteiger charge is -2.33. The van der Waals surface area contributed by atoms with Gasteiger partial charge < -0.3 is 15.3 Å². The maximum atomic E-state index is 10.1. The van der Waals surface area contributed by atoms with Crippen molar-refractivity contribution >= 4 is 0 Å². The minimum atomic E-state index is -0.0263. The van der Waals surface area contributed by atoms with Crippen LogP contribution in [-0.2, 0) is 6.42 Å². The average molecular weight is 345 g/mol. The van der Waals surface area contributed by atoms with Crippen LogP contribution in [0, 0.1) is 5.92 Å². The smallest absolute Gasteiger partial charge is 0.0568 e. The van der Waals surface area contributed by atoms with Crippen molar-refractivity contribution in [3.05, 3.63) is 35.9 Å². The largest absolute Gasteiger partial charge is 0.393 e. The van der Waals surface area contributed by atoms with Crippen molar-refractivity contribution in [3.63, 3.8) is 0 Å². The Kier molecular flexibility index (Phi) is 7.78. The lowest BCUT2D eigenvalue weighted by atomic mass is 9.83. The molecule has 1 saturated carbocycles. The molecular formula is C22H36N2O. The Morgan fingerprint density at radius 3 is 2.52 bits per heavy atom. The first kappa shape index (κ1) is 18.9. The van der Waals surface area contributed by atoms with Crippen LogP contribution in [0.4, 0.5) is 0 Å². The number of nitrogens with one attached hydrogen (secondary N) is 1. The van der Waals surface area contributed by atoms with Gasteiger partial charge in [0.15, 0.2) is 0 Å². The molecule has 1 heterocycles. The van der Waals surface area contributed by atoms with Crippen LogP contribution in [-0.4, -0.2) is 48.3 Å². The highest BCUT2D eigenvalue weighted by Gasteiger charge is 2.23. The Morgan fingerprint density at radius 2 is 1.76 bits per heavy atom. The summed E-state index contributed by atoms with van der Waals surface area (Å²) in [6.07, 6.45) is 10.9. The van der Waals surface area contributed by atoms with E-state index in [0.717, 1.165) is 13.0 Å². The van der Waals surface area contributed by atoms with E-state index in [2.05, 4.69) is 40.5 Å². The average Bonchev–Trinajstić information content (AvgIpc) is 2.67. The molecule has 25 heavy (non-hydrogen) atoms. The van der Waals surface area contributed by atoms with Crippen LogP contribution in [0.1, 0.15) is 56.9 Å². The van der Waals surface area contributed by atoms with Crippen molar-refractivity contribution < 1.29 is 5.11 Å². The molecule has 3 rings (SSSR count). The Balaban J connectivity index is 1.24. The van der Waals surface area contributed by atoms with E-state index in [-0.39, 0.29) is 6.10 Å². The molecule has 2 unspecified atom stereocenters. The molecule has 0 aromatic heterocycles. The summed E-state index contributed by atoms with van der Waals surface area (Å²) in [5.74, 6) is 0.565. The fourth-order valence-corrected chi connectivity index (χ4v) is 4.49. The summed E-state index contributed by atoms with van der Waals surface area (Å²) in [6, 6.07) is 11.5. The van der Waals surface area contributed by atoms with Crippen LogP contribution in [0.15, 0.2) is 30.3 Å². The fraction of sp³-hybridized carbons (Fsp3) is 0.727. The standard InChI is InChI=1S/C22H36N2O/c25-22-11-5-4-9-20(22)10-6-15-23-21-13-17-24(18-14-21)16-12-19-7-2-1-3-8-19/h1-3,7-8,20-23,25H,4-6,9-18H2. The highest BCUT2D eigenvalue weighted by atomic mass is 16.3. The number of benzene rings is 1. The number of rotatable bonds is 8. The second-order valence-corrected chi connectivity index (χ2v) is 8.06. The third-order valence-electron chi connectivity index (χ3n) is 6.20. The molecule has 2 aliphatic rings. The van der Waals surface area contributed by atoms with Crippen LogP contribution in [0.2, 0.25) is 0 Å². The molecule has 1 saturated heterocycles. The van der Waals surface area contributed by atoms with Gasteiger partial charge in [-0.3, -0.25) is 0 Å². The van der Waals surface area contributed by atoms with E-state index >= 15 is 0 Å². The van der Waals surface area contributed by atoms with E-state index in [1.807, 2.05) is 0 Å². The van der Waals surface area contributed by atoms with Gasteiger partial charge in [-0.15, -0.1) is 0 Å². The van der Waals surface area contributed by atoms with Crippen molar-refractivity contribution in [1.29, 1.82) is 0 Å². The third kappa shape index (κ3) is 6.40. The molecule has 0 radical (unpaired) electrons. The number of aliphatic hydroxyl groups is 1. The minimum Gasteiger partial charge on any atom is -0.393 e. The van der Waals surface area contributed by atoms with Gasteiger partial charge in [-0.2, -0.15) is 0 Å². The quantitative estimate of drug-likeness (QED) is 0.707. The molecule has 0 spiro atoms. The second-order valence-electron chi connectivity index (χ2n) is 8.06. The van der Waals surface area contributed by atoms with Gasteiger partial charge in [0.05, 0.1) is 6.10 Å². The lowest BCUT2D eigenvalue weighted by Crippen LogP contribution is -2.43. The van der Waals surface area contributed by atoms with Crippen molar-refractivity contribution in [2.24, 2.45) is 5.92 Å². The molecule has 1 aliphatic carbocycles. The van der Waals surface area contributed by atoms with Gasteiger partial charge in [0.1, 0.15) is 0 Å². The predicted molar refractivity (Wildman–Crippen MR) is 105 cm³/mol. The molecular weight excluding hydrogens is 308 g/mol. The number of likely N-dealkylation sites (tertiary alicyclic amines) is 1.